The topological polar surface area (TPSA) is 55.1 Å². The standard InChI is InChI=1S/C14H22N2O/c1-3-4-5-10-14(17)16-11(2)12-8-6-7-9-13(12)15/h6-9,11H,3-5,10,15H2,1-2H3,(H,16,17). The molecule has 0 saturated heterocycles. The van der Waals surface area contributed by atoms with Crippen LogP contribution in [0.1, 0.15) is 51.1 Å². The van der Waals surface area contributed by atoms with Crippen molar-refractivity contribution < 1.29 is 4.79 Å². The van der Waals surface area contributed by atoms with Gasteiger partial charge in [-0.1, -0.05) is 38.0 Å². The molecule has 94 valence electrons. The van der Waals surface area contributed by atoms with E-state index in [-0.39, 0.29) is 11.9 Å². The summed E-state index contributed by atoms with van der Waals surface area (Å²) in [5.74, 6) is 0.106. The number of carbonyl (C=O) groups is 1. The van der Waals surface area contributed by atoms with Crippen LogP contribution in [0.5, 0.6) is 0 Å². The van der Waals surface area contributed by atoms with E-state index >= 15 is 0 Å². The van der Waals surface area contributed by atoms with Crippen LogP contribution in [0.3, 0.4) is 0 Å². The van der Waals surface area contributed by atoms with Crippen molar-refractivity contribution in [3.63, 3.8) is 0 Å². The highest BCUT2D eigenvalue weighted by Crippen LogP contribution is 2.19. The Morgan fingerprint density at radius 2 is 2.06 bits per heavy atom. The third kappa shape index (κ3) is 4.47. The number of hydrogen-bond donors (Lipinski definition) is 2. The Morgan fingerprint density at radius 3 is 2.71 bits per heavy atom. The summed E-state index contributed by atoms with van der Waals surface area (Å²) in [6, 6.07) is 7.62. The van der Waals surface area contributed by atoms with Crippen molar-refractivity contribution in [1.82, 2.24) is 5.32 Å². The number of benzene rings is 1. The Bertz CT molecular complexity index is 363. The molecule has 1 aromatic carbocycles. The summed E-state index contributed by atoms with van der Waals surface area (Å²) in [6.07, 6.45) is 3.80. The first-order valence-electron chi connectivity index (χ1n) is 6.29. The van der Waals surface area contributed by atoms with E-state index < -0.39 is 0 Å². The molecule has 0 aliphatic heterocycles. The second-order valence-corrected chi connectivity index (χ2v) is 4.38. The van der Waals surface area contributed by atoms with Crippen molar-refractivity contribution in [2.24, 2.45) is 0 Å². The molecule has 1 amide bonds. The predicted octanol–water partition coefficient (Wildman–Crippen LogP) is 3.03. The van der Waals surface area contributed by atoms with Crippen LogP contribution < -0.4 is 11.1 Å². The molecule has 0 fully saturated rings. The number of nitrogens with two attached hydrogens (primary N) is 1. The highest BCUT2D eigenvalue weighted by atomic mass is 16.1. The lowest BCUT2D eigenvalue weighted by Crippen LogP contribution is -2.26. The Hall–Kier alpha value is -1.51. The summed E-state index contributed by atoms with van der Waals surface area (Å²) in [6.45, 7) is 4.09. The number of rotatable bonds is 6. The van der Waals surface area contributed by atoms with Crippen molar-refractivity contribution in [3.8, 4) is 0 Å². The first-order valence-corrected chi connectivity index (χ1v) is 6.29. The molecular weight excluding hydrogens is 212 g/mol. The van der Waals surface area contributed by atoms with Crippen molar-refractivity contribution in [2.45, 2.75) is 45.6 Å². The van der Waals surface area contributed by atoms with Gasteiger partial charge in [0.25, 0.3) is 0 Å². The molecule has 0 bridgehead atoms. The van der Waals surface area contributed by atoms with Crippen molar-refractivity contribution in [3.05, 3.63) is 29.8 Å². The van der Waals surface area contributed by atoms with Gasteiger partial charge in [-0.25, -0.2) is 0 Å². The fourth-order valence-electron chi connectivity index (χ4n) is 1.83. The summed E-state index contributed by atoms with van der Waals surface area (Å²) in [4.78, 5) is 11.7. The first-order chi connectivity index (χ1) is 8.15. The molecule has 1 rings (SSSR count). The van der Waals surface area contributed by atoms with Gasteiger partial charge >= 0.3 is 0 Å². The van der Waals surface area contributed by atoms with Crippen LogP contribution in [0.15, 0.2) is 24.3 Å². The molecule has 1 unspecified atom stereocenters. The maximum Gasteiger partial charge on any atom is 0.220 e. The number of hydrogen-bond acceptors (Lipinski definition) is 2. The van der Waals surface area contributed by atoms with Gasteiger partial charge in [0.05, 0.1) is 6.04 Å². The van der Waals surface area contributed by atoms with Gasteiger partial charge in [0, 0.05) is 12.1 Å². The average molecular weight is 234 g/mol. The monoisotopic (exact) mass is 234 g/mol. The zero-order chi connectivity index (χ0) is 12.7. The lowest BCUT2D eigenvalue weighted by atomic mass is 10.1. The number of amides is 1. The van der Waals surface area contributed by atoms with E-state index in [1.54, 1.807) is 0 Å². The van der Waals surface area contributed by atoms with E-state index in [0.29, 0.717) is 6.42 Å². The molecule has 1 atom stereocenters. The normalized spacial score (nSPS) is 12.1. The fourth-order valence-corrected chi connectivity index (χ4v) is 1.83. The Labute approximate surface area is 103 Å². The van der Waals surface area contributed by atoms with E-state index in [0.717, 1.165) is 30.5 Å². The highest BCUT2D eigenvalue weighted by molar-refractivity contribution is 5.76. The smallest absolute Gasteiger partial charge is 0.220 e. The number of unbranched alkanes of at least 4 members (excludes halogenated alkanes) is 2. The van der Waals surface area contributed by atoms with Gasteiger partial charge in [0.15, 0.2) is 0 Å². The second-order valence-electron chi connectivity index (χ2n) is 4.38. The second kappa shape index (κ2) is 6.94. The van der Waals surface area contributed by atoms with Gasteiger partial charge in [-0.15, -0.1) is 0 Å². The van der Waals surface area contributed by atoms with Crippen molar-refractivity contribution >= 4 is 11.6 Å². The number of anilines is 1. The molecule has 3 heteroatoms. The molecule has 0 aromatic heterocycles. The fraction of sp³-hybridized carbons (Fsp3) is 0.500. The number of nitrogens with one attached hydrogen (secondary N) is 1. The van der Waals surface area contributed by atoms with E-state index in [2.05, 4.69) is 12.2 Å². The molecule has 3 nitrogen and oxygen atoms in total. The van der Waals surface area contributed by atoms with Gasteiger partial charge in [-0.05, 0) is 25.0 Å². The minimum absolute atomic E-state index is 0.0228. The van der Waals surface area contributed by atoms with Gasteiger partial charge < -0.3 is 11.1 Å². The largest absolute Gasteiger partial charge is 0.398 e. The summed E-state index contributed by atoms with van der Waals surface area (Å²) >= 11 is 0. The summed E-state index contributed by atoms with van der Waals surface area (Å²) in [5, 5.41) is 2.98. The van der Waals surface area contributed by atoms with Gasteiger partial charge in [-0.2, -0.15) is 0 Å². The quantitative estimate of drug-likeness (QED) is 0.587. The third-order valence-corrected chi connectivity index (χ3v) is 2.85. The number of para-hydroxylation sites is 1. The molecule has 3 N–H and O–H groups in total. The van der Waals surface area contributed by atoms with Gasteiger partial charge in [-0.3, -0.25) is 4.79 Å². The minimum Gasteiger partial charge on any atom is -0.398 e. The zero-order valence-corrected chi connectivity index (χ0v) is 10.7. The van der Waals surface area contributed by atoms with E-state index in [9.17, 15) is 4.79 Å². The lowest BCUT2D eigenvalue weighted by Gasteiger charge is -2.16. The molecular formula is C14H22N2O. The van der Waals surface area contributed by atoms with Gasteiger partial charge in [0.1, 0.15) is 0 Å². The van der Waals surface area contributed by atoms with Crippen molar-refractivity contribution in [1.29, 1.82) is 0 Å². The highest BCUT2D eigenvalue weighted by Gasteiger charge is 2.11. The van der Waals surface area contributed by atoms with Crippen LogP contribution in [0, 0.1) is 0 Å². The van der Waals surface area contributed by atoms with Crippen LogP contribution in [0.2, 0.25) is 0 Å². The molecule has 0 radical (unpaired) electrons. The molecule has 0 aliphatic rings. The van der Waals surface area contributed by atoms with E-state index in [1.165, 1.54) is 0 Å². The minimum atomic E-state index is -0.0228. The summed E-state index contributed by atoms with van der Waals surface area (Å²) in [7, 11) is 0. The third-order valence-electron chi connectivity index (χ3n) is 2.85. The average Bonchev–Trinajstić information content (AvgIpc) is 2.29. The lowest BCUT2D eigenvalue weighted by molar-refractivity contribution is -0.121. The number of nitrogen functional groups attached to an aromatic ring is 1. The van der Waals surface area contributed by atoms with Crippen LogP contribution in [0.4, 0.5) is 5.69 Å². The zero-order valence-electron chi connectivity index (χ0n) is 10.7. The van der Waals surface area contributed by atoms with Crippen LogP contribution in [-0.4, -0.2) is 5.91 Å². The molecule has 1 aromatic rings. The molecule has 0 aliphatic carbocycles. The van der Waals surface area contributed by atoms with Crippen molar-refractivity contribution in [2.75, 3.05) is 5.73 Å². The Morgan fingerprint density at radius 1 is 1.35 bits per heavy atom. The molecule has 0 spiro atoms. The van der Waals surface area contributed by atoms with E-state index in [4.69, 9.17) is 5.73 Å². The van der Waals surface area contributed by atoms with Gasteiger partial charge in [0.2, 0.25) is 5.91 Å². The molecule has 0 heterocycles. The SMILES string of the molecule is CCCCCC(=O)NC(C)c1ccccc1N. The van der Waals surface area contributed by atoms with Crippen LogP contribution in [-0.2, 0) is 4.79 Å². The van der Waals surface area contributed by atoms with E-state index in [1.807, 2.05) is 31.2 Å². The summed E-state index contributed by atoms with van der Waals surface area (Å²) in [5.41, 5.74) is 7.58. The predicted molar refractivity (Wildman–Crippen MR) is 71.6 cm³/mol. The Kier molecular flexibility index (Phi) is 5.53. The molecule has 17 heavy (non-hydrogen) atoms. The first kappa shape index (κ1) is 13.6. The maximum absolute atomic E-state index is 11.7. The number of carbonyl (C=O) groups excluding carboxylic acids is 1. The van der Waals surface area contributed by atoms with Crippen LogP contribution in [0.25, 0.3) is 0 Å². The maximum atomic E-state index is 11.7. The Balaban J connectivity index is 2.46. The summed E-state index contributed by atoms with van der Waals surface area (Å²) < 4.78 is 0. The van der Waals surface area contributed by atoms with Crippen LogP contribution >= 0.6 is 0 Å². The molecule has 0 saturated carbocycles.